The van der Waals surface area contributed by atoms with Crippen LogP contribution in [0.5, 0.6) is 0 Å². The van der Waals surface area contributed by atoms with Crippen LogP contribution in [0.3, 0.4) is 0 Å². The molecule has 4 fully saturated rings. The van der Waals surface area contributed by atoms with Gasteiger partial charge in [0.25, 0.3) is 0 Å². The lowest BCUT2D eigenvalue weighted by Gasteiger charge is -2.61. The fourth-order valence-corrected chi connectivity index (χ4v) is 11.6. The van der Waals surface area contributed by atoms with Crippen LogP contribution in [0.25, 0.3) is 63.7 Å². The van der Waals surface area contributed by atoms with E-state index >= 15 is 0 Å². The van der Waals surface area contributed by atoms with Crippen molar-refractivity contribution in [3.05, 3.63) is 109 Å². The molecule has 12 rings (SSSR count). The van der Waals surface area contributed by atoms with Gasteiger partial charge >= 0.3 is 0 Å². The Balaban J connectivity index is 1.26. The summed E-state index contributed by atoms with van der Waals surface area (Å²) in [6.45, 7) is 0. The molecule has 4 aliphatic carbocycles. The Hall–Kier alpha value is -4.34. The average Bonchev–Trinajstić information content (AvgIpc) is 3.63. The molecule has 0 atom stereocenters. The van der Waals surface area contributed by atoms with Gasteiger partial charge in [-0.3, -0.25) is 0 Å². The van der Waals surface area contributed by atoms with Crippen LogP contribution in [-0.2, 0) is 0 Å². The number of rotatable bonds is 3. The Morgan fingerprint density at radius 1 is 0.600 bits per heavy atom. The van der Waals surface area contributed by atoms with Crippen molar-refractivity contribution >= 4 is 86.4 Å². The second kappa shape index (κ2) is 8.89. The third-order valence-electron chi connectivity index (χ3n) is 11.7. The molecular weight excluding hydrogens is 567 g/mol. The van der Waals surface area contributed by atoms with Crippen LogP contribution in [0, 0.1) is 17.8 Å². The number of furan rings is 1. The minimum Gasteiger partial charge on any atom is -0.455 e. The molecule has 0 spiro atoms. The molecule has 4 aliphatic rings. The zero-order valence-corrected chi connectivity index (χ0v) is 25.9. The lowest BCUT2D eigenvalue weighted by Crippen LogP contribution is -2.58. The molecule has 0 aliphatic heterocycles. The summed E-state index contributed by atoms with van der Waals surface area (Å²) in [6.07, 6.45) is 8.17. The largest absolute Gasteiger partial charge is 0.455 e. The molecule has 2 heterocycles. The molecule has 2 nitrogen and oxygen atoms in total. The SMILES string of the molecule is c1ccc2c(c1)ccc1cc(N(c3cc4c5ccccc5oc4c4sc5ccccc5c34)C34CC5CC(CC(C5)C3)C4)ccc12. The van der Waals surface area contributed by atoms with E-state index in [9.17, 15) is 0 Å². The van der Waals surface area contributed by atoms with Crippen LogP contribution in [0.2, 0.25) is 0 Å². The maximum Gasteiger partial charge on any atom is 0.153 e. The summed E-state index contributed by atoms with van der Waals surface area (Å²) in [4.78, 5) is 2.87. The predicted octanol–water partition coefficient (Wildman–Crippen LogP) is 12.4. The zero-order chi connectivity index (χ0) is 29.3. The van der Waals surface area contributed by atoms with Gasteiger partial charge in [-0.05, 0) is 108 Å². The molecule has 4 saturated carbocycles. The van der Waals surface area contributed by atoms with Crippen molar-refractivity contribution in [2.75, 3.05) is 4.90 Å². The molecule has 45 heavy (non-hydrogen) atoms. The van der Waals surface area contributed by atoms with Gasteiger partial charge in [0.1, 0.15) is 5.58 Å². The molecule has 4 bridgehead atoms. The van der Waals surface area contributed by atoms with Gasteiger partial charge in [-0.15, -0.1) is 11.3 Å². The molecule has 0 N–H and O–H groups in total. The first kappa shape index (κ1) is 24.9. The van der Waals surface area contributed by atoms with Gasteiger partial charge in [0.15, 0.2) is 5.58 Å². The number of benzene rings is 6. The summed E-state index contributed by atoms with van der Waals surface area (Å²) in [7, 11) is 0. The summed E-state index contributed by atoms with van der Waals surface area (Å²) < 4.78 is 9.29. The van der Waals surface area contributed by atoms with E-state index in [1.165, 1.54) is 102 Å². The summed E-state index contributed by atoms with van der Waals surface area (Å²) in [5.41, 5.74) is 4.84. The molecule has 3 heteroatoms. The molecule has 0 radical (unpaired) electrons. The van der Waals surface area contributed by atoms with Crippen LogP contribution in [0.15, 0.2) is 114 Å². The summed E-state index contributed by atoms with van der Waals surface area (Å²) in [5, 5.41) is 10.4. The highest BCUT2D eigenvalue weighted by molar-refractivity contribution is 7.26. The quantitative estimate of drug-likeness (QED) is 0.188. The zero-order valence-electron chi connectivity index (χ0n) is 25.1. The number of anilines is 2. The smallest absolute Gasteiger partial charge is 0.153 e. The van der Waals surface area contributed by atoms with Crippen LogP contribution in [0.4, 0.5) is 11.4 Å². The predicted molar refractivity (Wildman–Crippen MR) is 191 cm³/mol. The summed E-state index contributed by atoms with van der Waals surface area (Å²) >= 11 is 1.89. The molecule has 0 unspecified atom stereocenters. The fraction of sp³-hybridized carbons (Fsp3) is 0.238. The van der Waals surface area contributed by atoms with Crippen molar-refractivity contribution in [3.8, 4) is 0 Å². The van der Waals surface area contributed by atoms with E-state index in [0.717, 1.165) is 28.9 Å². The summed E-state index contributed by atoms with van der Waals surface area (Å²) in [5.74, 6) is 2.53. The van der Waals surface area contributed by atoms with E-state index in [1.54, 1.807) is 0 Å². The Labute approximate surface area is 265 Å². The maximum absolute atomic E-state index is 6.68. The van der Waals surface area contributed by atoms with E-state index in [1.807, 2.05) is 11.3 Å². The second-order valence-corrected chi connectivity index (χ2v) is 15.4. The van der Waals surface area contributed by atoms with E-state index < -0.39 is 0 Å². The van der Waals surface area contributed by atoms with Gasteiger partial charge in [-0.2, -0.15) is 0 Å². The van der Waals surface area contributed by atoms with Crippen molar-refractivity contribution in [1.82, 2.24) is 0 Å². The van der Waals surface area contributed by atoms with Crippen LogP contribution >= 0.6 is 11.3 Å². The van der Waals surface area contributed by atoms with Gasteiger partial charge in [0, 0.05) is 37.5 Å². The fourth-order valence-electron chi connectivity index (χ4n) is 10.4. The van der Waals surface area contributed by atoms with Crippen LogP contribution in [0.1, 0.15) is 38.5 Å². The highest BCUT2D eigenvalue weighted by Crippen LogP contribution is 2.61. The number of hydrogen-bond acceptors (Lipinski definition) is 3. The van der Waals surface area contributed by atoms with Crippen molar-refractivity contribution in [2.45, 2.75) is 44.1 Å². The standard InChI is InChI=1S/C42H33NOS/c1-2-8-31-28(7-1)13-14-29-20-30(15-16-32(29)31)43(42-22-25-17-26(23-42)19-27(18-25)24-42)36-21-35-33-9-3-5-11-37(33)44-40(35)41-39(36)34-10-4-6-12-38(34)45-41/h1-16,20-21,25-27H,17-19,22-24H2. The Kier molecular flexibility index (Phi) is 4.92. The molecule has 6 aromatic carbocycles. The maximum atomic E-state index is 6.68. The normalized spacial score (nSPS) is 24.2. The third-order valence-corrected chi connectivity index (χ3v) is 12.9. The number of fused-ring (bicyclic) bond motifs is 10. The first-order valence-corrected chi connectivity index (χ1v) is 17.5. The molecule has 2 aromatic heterocycles. The van der Waals surface area contributed by atoms with E-state index in [2.05, 4.69) is 114 Å². The van der Waals surface area contributed by atoms with Crippen molar-refractivity contribution in [2.24, 2.45) is 17.8 Å². The number of para-hydroxylation sites is 1. The second-order valence-electron chi connectivity index (χ2n) is 14.3. The molecular formula is C42H33NOS. The van der Waals surface area contributed by atoms with Gasteiger partial charge in [-0.1, -0.05) is 78.9 Å². The van der Waals surface area contributed by atoms with Gasteiger partial charge in [-0.25, -0.2) is 0 Å². The highest BCUT2D eigenvalue weighted by Gasteiger charge is 2.54. The van der Waals surface area contributed by atoms with Crippen LogP contribution in [-0.4, -0.2) is 5.54 Å². The first-order chi connectivity index (χ1) is 22.2. The topological polar surface area (TPSA) is 16.4 Å². The lowest BCUT2D eigenvalue weighted by atomic mass is 9.52. The Morgan fingerprint density at radius 3 is 2.09 bits per heavy atom. The first-order valence-electron chi connectivity index (χ1n) is 16.7. The minimum atomic E-state index is 0.127. The number of nitrogens with zero attached hydrogens (tertiary/aromatic N) is 1. The average molecular weight is 600 g/mol. The summed E-state index contributed by atoms with van der Waals surface area (Å²) in [6, 6.07) is 40.9. The van der Waals surface area contributed by atoms with Gasteiger partial charge < -0.3 is 9.32 Å². The molecule has 218 valence electrons. The molecule has 0 saturated heterocycles. The monoisotopic (exact) mass is 599 g/mol. The van der Waals surface area contributed by atoms with E-state index in [4.69, 9.17) is 4.42 Å². The third kappa shape index (κ3) is 3.45. The highest BCUT2D eigenvalue weighted by atomic mass is 32.1. The van der Waals surface area contributed by atoms with Gasteiger partial charge in [0.05, 0.1) is 10.4 Å². The van der Waals surface area contributed by atoms with E-state index in [-0.39, 0.29) is 5.54 Å². The van der Waals surface area contributed by atoms with Crippen molar-refractivity contribution < 1.29 is 4.42 Å². The van der Waals surface area contributed by atoms with Gasteiger partial charge in [0.2, 0.25) is 0 Å². The number of thiophene rings is 1. The van der Waals surface area contributed by atoms with Crippen LogP contribution < -0.4 is 4.90 Å². The lowest BCUT2D eigenvalue weighted by molar-refractivity contribution is 0.000666. The van der Waals surface area contributed by atoms with Crippen molar-refractivity contribution in [3.63, 3.8) is 0 Å². The Morgan fingerprint density at radius 2 is 1.27 bits per heavy atom. The Bertz CT molecular complexity index is 2460. The number of hydrogen-bond donors (Lipinski definition) is 0. The molecule has 8 aromatic rings. The van der Waals surface area contributed by atoms with E-state index in [0.29, 0.717) is 0 Å². The minimum absolute atomic E-state index is 0.127. The van der Waals surface area contributed by atoms with Crippen molar-refractivity contribution in [1.29, 1.82) is 0 Å². The molecule has 0 amide bonds.